The molecule has 0 heterocycles. The lowest BCUT2D eigenvalue weighted by Crippen LogP contribution is -2.30. The molecule has 0 saturated carbocycles. The van der Waals surface area contributed by atoms with Gasteiger partial charge in [0.15, 0.2) is 6.10 Å². The Bertz CT molecular complexity index is 1050. The molecule has 0 aliphatic rings. The number of hydrogen-bond donors (Lipinski definition) is 2. The molecule has 3 aromatic rings. The van der Waals surface area contributed by atoms with E-state index in [1.807, 2.05) is 45.0 Å². The average Bonchev–Trinajstić information content (AvgIpc) is 2.64. The molecule has 0 unspecified atom stereocenters. The van der Waals surface area contributed by atoms with Gasteiger partial charge in [-0.15, -0.1) is 0 Å². The minimum absolute atomic E-state index is 0.0287. The number of aromatic hydroxyl groups is 1. The molecule has 0 fully saturated rings. The minimum atomic E-state index is -1.02. The molecular formula is C23H23NO4. The number of benzene rings is 3. The van der Waals surface area contributed by atoms with Gasteiger partial charge in [0, 0.05) is 11.1 Å². The molecular weight excluding hydrogens is 354 g/mol. The smallest absolute Gasteiger partial charge is 0.342 e. The molecule has 0 aromatic heterocycles. The fourth-order valence-corrected chi connectivity index (χ4v) is 3.30. The molecule has 5 nitrogen and oxygen atoms in total. The first kappa shape index (κ1) is 19.4. The fraction of sp³-hybridized carbons (Fsp3) is 0.217. The first-order valence-corrected chi connectivity index (χ1v) is 9.08. The molecule has 3 aromatic carbocycles. The topological polar surface area (TPSA) is 75.6 Å². The van der Waals surface area contributed by atoms with Crippen LogP contribution in [0.25, 0.3) is 10.8 Å². The van der Waals surface area contributed by atoms with E-state index in [0.717, 1.165) is 22.1 Å². The van der Waals surface area contributed by atoms with Crippen molar-refractivity contribution in [3.05, 3.63) is 70.8 Å². The highest BCUT2D eigenvalue weighted by Crippen LogP contribution is 2.29. The van der Waals surface area contributed by atoms with Gasteiger partial charge in [0.05, 0.1) is 0 Å². The number of carbonyl (C=O) groups is 2. The van der Waals surface area contributed by atoms with Gasteiger partial charge in [0.2, 0.25) is 0 Å². The van der Waals surface area contributed by atoms with Crippen LogP contribution in [0.5, 0.6) is 5.75 Å². The third-order valence-corrected chi connectivity index (χ3v) is 4.70. The van der Waals surface area contributed by atoms with Crippen molar-refractivity contribution in [2.45, 2.75) is 33.8 Å². The highest BCUT2D eigenvalue weighted by atomic mass is 16.5. The van der Waals surface area contributed by atoms with Crippen molar-refractivity contribution in [1.29, 1.82) is 0 Å². The Labute approximate surface area is 164 Å². The third-order valence-electron chi connectivity index (χ3n) is 4.70. The SMILES string of the molecule is Cc1cc(C)c(NC(=O)[C@@H](C)OC(=O)c2ccc3ccccc3c2O)c(C)c1. The van der Waals surface area contributed by atoms with E-state index >= 15 is 0 Å². The lowest BCUT2D eigenvalue weighted by molar-refractivity contribution is -0.123. The molecule has 0 aliphatic carbocycles. The zero-order valence-corrected chi connectivity index (χ0v) is 16.4. The van der Waals surface area contributed by atoms with Crippen LogP contribution in [0, 0.1) is 20.8 Å². The zero-order valence-electron chi connectivity index (χ0n) is 16.4. The molecule has 144 valence electrons. The Morgan fingerprint density at radius 1 is 1.00 bits per heavy atom. The molecule has 5 heteroatoms. The number of rotatable bonds is 4. The minimum Gasteiger partial charge on any atom is -0.506 e. The maximum Gasteiger partial charge on any atom is 0.342 e. The molecule has 0 radical (unpaired) electrons. The van der Waals surface area contributed by atoms with E-state index in [2.05, 4.69) is 5.32 Å². The number of phenols is 1. The van der Waals surface area contributed by atoms with Crippen LogP contribution in [0.1, 0.15) is 34.0 Å². The summed E-state index contributed by atoms with van der Waals surface area (Å²) < 4.78 is 5.29. The van der Waals surface area contributed by atoms with Crippen LogP contribution in [-0.2, 0) is 9.53 Å². The van der Waals surface area contributed by atoms with Gasteiger partial charge in [0.25, 0.3) is 5.91 Å². The predicted molar refractivity (Wildman–Crippen MR) is 110 cm³/mol. The van der Waals surface area contributed by atoms with Crippen LogP contribution in [0.15, 0.2) is 48.5 Å². The second-order valence-electron chi connectivity index (χ2n) is 6.99. The van der Waals surface area contributed by atoms with E-state index < -0.39 is 18.0 Å². The Balaban J connectivity index is 1.76. The van der Waals surface area contributed by atoms with Crippen molar-refractivity contribution < 1.29 is 19.4 Å². The second kappa shape index (κ2) is 7.72. The second-order valence-corrected chi connectivity index (χ2v) is 6.99. The molecule has 28 heavy (non-hydrogen) atoms. The van der Waals surface area contributed by atoms with Crippen LogP contribution in [-0.4, -0.2) is 23.1 Å². The number of nitrogens with one attached hydrogen (secondary N) is 1. The highest BCUT2D eigenvalue weighted by Gasteiger charge is 2.22. The first-order valence-electron chi connectivity index (χ1n) is 9.08. The number of aryl methyl sites for hydroxylation is 3. The summed E-state index contributed by atoms with van der Waals surface area (Å²) in [6.45, 7) is 7.33. The number of phenolic OH excluding ortho intramolecular Hbond substituents is 1. The Kier molecular flexibility index (Phi) is 5.36. The van der Waals surface area contributed by atoms with Gasteiger partial charge >= 0.3 is 5.97 Å². The Morgan fingerprint density at radius 3 is 2.32 bits per heavy atom. The highest BCUT2D eigenvalue weighted by molar-refractivity contribution is 6.03. The molecule has 1 amide bonds. The molecule has 0 spiro atoms. The predicted octanol–water partition coefficient (Wildman–Crippen LogP) is 4.65. The number of hydrogen-bond acceptors (Lipinski definition) is 4. The molecule has 2 N–H and O–H groups in total. The number of anilines is 1. The van der Waals surface area contributed by atoms with Crippen molar-refractivity contribution in [2.24, 2.45) is 0 Å². The lowest BCUT2D eigenvalue weighted by atomic mass is 10.0. The standard InChI is InChI=1S/C23H23NO4/c1-13-11-14(2)20(15(3)12-13)24-22(26)16(4)28-23(27)19-10-9-17-7-5-6-8-18(17)21(19)25/h5-12,16,25H,1-4H3,(H,24,26)/t16-/m1/s1. The van der Waals surface area contributed by atoms with Crippen molar-refractivity contribution >= 4 is 28.3 Å². The summed E-state index contributed by atoms with van der Waals surface area (Å²) in [5, 5.41) is 14.6. The van der Waals surface area contributed by atoms with Crippen molar-refractivity contribution in [3.8, 4) is 5.75 Å². The molecule has 0 aliphatic heterocycles. The van der Waals surface area contributed by atoms with Gasteiger partial charge in [-0.05, 0) is 50.3 Å². The quantitative estimate of drug-likeness (QED) is 0.649. The zero-order chi connectivity index (χ0) is 20.4. The lowest BCUT2D eigenvalue weighted by Gasteiger charge is -2.17. The van der Waals surface area contributed by atoms with Crippen molar-refractivity contribution in [3.63, 3.8) is 0 Å². The maximum atomic E-state index is 12.5. The molecule has 3 rings (SSSR count). The van der Waals surface area contributed by atoms with Crippen LogP contribution < -0.4 is 5.32 Å². The Hall–Kier alpha value is -3.34. The summed E-state index contributed by atoms with van der Waals surface area (Å²) in [6.07, 6.45) is -1.02. The first-order chi connectivity index (χ1) is 13.3. The van der Waals surface area contributed by atoms with Gasteiger partial charge in [0.1, 0.15) is 11.3 Å². The summed E-state index contributed by atoms with van der Waals surface area (Å²) in [5.74, 6) is -1.33. The fourth-order valence-electron chi connectivity index (χ4n) is 3.30. The van der Waals surface area contributed by atoms with Crippen LogP contribution in [0.4, 0.5) is 5.69 Å². The average molecular weight is 377 g/mol. The van der Waals surface area contributed by atoms with Gasteiger partial charge < -0.3 is 15.2 Å². The van der Waals surface area contributed by atoms with Crippen molar-refractivity contribution in [1.82, 2.24) is 0 Å². The van der Waals surface area contributed by atoms with Crippen LogP contribution in [0.2, 0.25) is 0 Å². The Morgan fingerprint density at radius 2 is 1.64 bits per heavy atom. The number of esters is 1. The van der Waals surface area contributed by atoms with Gasteiger partial charge in [-0.2, -0.15) is 0 Å². The van der Waals surface area contributed by atoms with E-state index in [1.165, 1.54) is 13.0 Å². The van der Waals surface area contributed by atoms with E-state index in [-0.39, 0.29) is 11.3 Å². The molecule has 0 bridgehead atoms. The summed E-state index contributed by atoms with van der Waals surface area (Å²) in [4.78, 5) is 25.0. The summed E-state index contributed by atoms with van der Waals surface area (Å²) in [5.41, 5.74) is 3.74. The van der Waals surface area contributed by atoms with Crippen LogP contribution in [0.3, 0.4) is 0 Å². The number of amides is 1. The monoisotopic (exact) mass is 377 g/mol. The summed E-state index contributed by atoms with van der Waals surface area (Å²) in [7, 11) is 0. The molecule has 0 saturated heterocycles. The number of ether oxygens (including phenoxy) is 1. The van der Waals surface area contributed by atoms with Gasteiger partial charge in [-0.3, -0.25) is 4.79 Å². The third kappa shape index (κ3) is 3.83. The van der Waals surface area contributed by atoms with E-state index in [0.29, 0.717) is 11.1 Å². The van der Waals surface area contributed by atoms with Gasteiger partial charge in [-0.1, -0.05) is 48.0 Å². The number of carbonyl (C=O) groups excluding carboxylic acids is 2. The maximum absolute atomic E-state index is 12.5. The van der Waals surface area contributed by atoms with E-state index in [9.17, 15) is 14.7 Å². The number of fused-ring (bicyclic) bond motifs is 1. The van der Waals surface area contributed by atoms with Crippen molar-refractivity contribution in [2.75, 3.05) is 5.32 Å². The largest absolute Gasteiger partial charge is 0.506 e. The van der Waals surface area contributed by atoms with Crippen LogP contribution >= 0.6 is 0 Å². The summed E-state index contributed by atoms with van der Waals surface area (Å²) in [6, 6.07) is 14.4. The van der Waals surface area contributed by atoms with E-state index in [4.69, 9.17) is 4.74 Å². The van der Waals surface area contributed by atoms with E-state index in [1.54, 1.807) is 18.2 Å². The van der Waals surface area contributed by atoms with Gasteiger partial charge in [-0.25, -0.2) is 4.79 Å². The molecule has 1 atom stereocenters. The normalized spacial score (nSPS) is 11.9. The summed E-state index contributed by atoms with van der Waals surface area (Å²) >= 11 is 0.